The Morgan fingerprint density at radius 3 is 2.38 bits per heavy atom. The van der Waals surface area contributed by atoms with Crippen LogP contribution in [0, 0.1) is 25.7 Å². The highest BCUT2D eigenvalue weighted by molar-refractivity contribution is 6.36. The van der Waals surface area contributed by atoms with Crippen LogP contribution >= 0.6 is 11.6 Å². The van der Waals surface area contributed by atoms with Gasteiger partial charge in [0.2, 0.25) is 0 Å². The topological polar surface area (TPSA) is 12.9 Å². The number of rotatable bonds is 0. The summed E-state index contributed by atoms with van der Waals surface area (Å²) in [6.45, 7) is 4.00. The molecule has 0 saturated heterocycles. The number of para-hydroxylation sites is 1. The Bertz CT molecular complexity index is 868. The van der Waals surface area contributed by atoms with Gasteiger partial charge in [-0.1, -0.05) is 59.3 Å². The van der Waals surface area contributed by atoms with Crippen molar-refractivity contribution in [2.75, 3.05) is 0 Å². The first-order valence-electron chi connectivity index (χ1n) is 6.78. The molecule has 0 amide bonds. The van der Waals surface area contributed by atoms with Gasteiger partial charge in [0.05, 0.1) is 21.8 Å². The van der Waals surface area contributed by atoms with E-state index in [-0.39, 0.29) is 0 Å². The Balaban J connectivity index is 2.11. The zero-order valence-electron chi connectivity index (χ0n) is 11.9. The highest BCUT2D eigenvalue weighted by Crippen LogP contribution is 2.27. The molecule has 0 bridgehead atoms. The molecule has 0 fully saturated rings. The zero-order chi connectivity index (χ0) is 14.8. The van der Waals surface area contributed by atoms with Crippen LogP contribution in [0.1, 0.15) is 22.4 Å². The van der Waals surface area contributed by atoms with Gasteiger partial charge in [0.1, 0.15) is 0 Å². The van der Waals surface area contributed by atoms with Gasteiger partial charge >= 0.3 is 0 Å². The predicted octanol–water partition coefficient (Wildman–Crippen LogP) is 4.90. The second-order valence-corrected chi connectivity index (χ2v) is 5.40. The zero-order valence-corrected chi connectivity index (χ0v) is 12.7. The summed E-state index contributed by atoms with van der Waals surface area (Å²) < 4.78 is 0. The van der Waals surface area contributed by atoms with E-state index >= 15 is 0 Å². The molecule has 3 aromatic rings. The molecule has 0 atom stereocenters. The second kappa shape index (κ2) is 5.60. The van der Waals surface area contributed by atoms with Gasteiger partial charge in [-0.2, -0.15) is 0 Å². The van der Waals surface area contributed by atoms with Crippen molar-refractivity contribution in [3.63, 3.8) is 0 Å². The lowest BCUT2D eigenvalue weighted by molar-refractivity contribution is 1.24. The van der Waals surface area contributed by atoms with Crippen LogP contribution in [0.25, 0.3) is 10.9 Å². The van der Waals surface area contributed by atoms with Crippen molar-refractivity contribution in [1.29, 1.82) is 0 Å². The Morgan fingerprint density at radius 2 is 1.62 bits per heavy atom. The lowest BCUT2D eigenvalue weighted by Crippen LogP contribution is -1.92. The Morgan fingerprint density at radius 1 is 0.905 bits per heavy atom. The fraction of sp³-hybridized carbons (Fsp3) is 0.105. The summed E-state index contributed by atoms with van der Waals surface area (Å²) in [5, 5.41) is 1.62. The molecular formula is C19H14ClN. The molecule has 0 spiro atoms. The normalized spacial score (nSPS) is 10.2. The molecule has 0 aliphatic rings. The van der Waals surface area contributed by atoms with Gasteiger partial charge in [0.25, 0.3) is 0 Å². The van der Waals surface area contributed by atoms with E-state index in [0.717, 1.165) is 27.7 Å². The van der Waals surface area contributed by atoms with Crippen LogP contribution in [0.3, 0.4) is 0 Å². The minimum Gasteiger partial charge on any atom is -0.252 e. The fourth-order valence-electron chi connectivity index (χ4n) is 2.20. The van der Waals surface area contributed by atoms with Gasteiger partial charge < -0.3 is 0 Å². The van der Waals surface area contributed by atoms with Crippen molar-refractivity contribution in [2.45, 2.75) is 13.8 Å². The summed E-state index contributed by atoms with van der Waals surface area (Å²) in [6, 6.07) is 16.0. The third kappa shape index (κ3) is 2.77. The lowest BCUT2D eigenvalue weighted by Gasteiger charge is -2.05. The number of nitrogens with zero attached hydrogens (tertiary/aromatic N) is 1. The van der Waals surface area contributed by atoms with E-state index < -0.39 is 0 Å². The summed E-state index contributed by atoms with van der Waals surface area (Å²) in [7, 11) is 0. The Hall–Kier alpha value is -2.30. The van der Waals surface area contributed by atoms with Crippen LogP contribution in [0.15, 0.2) is 48.5 Å². The summed E-state index contributed by atoms with van der Waals surface area (Å²) in [4.78, 5) is 4.58. The van der Waals surface area contributed by atoms with Crippen molar-refractivity contribution < 1.29 is 0 Å². The second-order valence-electron chi connectivity index (χ2n) is 5.02. The summed E-state index contributed by atoms with van der Waals surface area (Å²) in [5.41, 5.74) is 4.77. The van der Waals surface area contributed by atoms with Gasteiger partial charge in [0.15, 0.2) is 0 Å². The molecular weight excluding hydrogens is 278 g/mol. The lowest BCUT2D eigenvalue weighted by atomic mass is 10.1. The minimum atomic E-state index is 0.678. The molecule has 102 valence electrons. The molecule has 0 N–H and O–H groups in total. The van der Waals surface area contributed by atoms with E-state index in [1.807, 2.05) is 43.3 Å². The maximum Gasteiger partial charge on any atom is 0.0721 e. The first-order valence-corrected chi connectivity index (χ1v) is 7.16. The van der Waals surface area contributed by atoms with E-state index in [1.165, 1.54) is 5.56 Å². The average molecular weight is 292 g/mol. The molecule has 1 heterocycles. The van der Waals surface area contributed by atoms with E-state index in [9.17, 15) is 0 Å². The molecule has 1 aromatic heterocycles. The van der Waals surface area contributed by atoms with E-state index in [2.05, 4.69) is 35.9 Å². The van der Waals surface area contributed by atoms with Crippen LogP contribution in [-0.2, 0) is 0 Å². The number of fused-ring (bicyclic) bond motifs is 1. The molecule has 2 heteroatoms. The van der Waals surface area contributed by atoms with Gasteiger partial charge in [-0.25, -0.2) is 0 Å². The largest absolute Gasteiger partial charge is 0.252 e. The quantitative estimate of drug-likeness (QED) is 0.537. The third-order valence-corrected chi connectivity index (χ3v) is 3.79. The molecule has 2 aromatic carbocycles. The van der Waals surface area contributed by atoms with Crippen LogP contribution < -0.4 is 0 Å². The monoisotopic (exact) mass is 291 g/mol. The number of halogens is 1. The van der Waals surface area contributed by atoms with Crippen LogP contribution in [-0.4, -0.2) is 4.98 Å². The number of hydrogen-bond acceptors (Lipinski definition) is 1. The standard InChI is InChI=1S/C19H14ClN/c1-13-7-9-15(10-8-13)11-12-16-14(2)21-18-6-4-3-5-17(18)19(16)20/h3-10H,1-2H3. The number of benzene rings is 2. The summed E-state index contributed by atoms with van der Waals surface area (Å²) >= 11 is 6.50. The van der Waals surface area contributed by atoms with Crippen molar-refractivity contribution in [1.82, 2.24) is 4.98 Å². The number of aromatic nitrogens is 1. The number of hydrogen-bond donors (Lipinski definition) is 0. The fourth-order valence-corrected chi connectivity index (χ4v) is 2.55. The Labute approximate surface area is 129 Å². The van der Waals surface area contributed by atoms with Crippen LogP contribution in [0.4, 0.5) is 0 Å². The van der Waals surface area contributed by atoms with E-state index in [4.69, 9.17) is 11.6 Å². The highest BCUT2D eigenvalue weighted by atomic mass is 35.5. The van der Waals surface area contributed by atoms with Crippen molar-refractivity contribution in [2.24, 2.45) is 0 Å². The molecule has 0 radical (unpaired) electrons. The number of aryl methyl sites for hydroxylation is 2. The maximum atomic E-state index is 6.50. The molecule has 0 saturated carbocycles. The molecule has 3 rings (SSSR count). The summed E-state index contributed by atoms with van der Waals surface area (Å²) in [5.74, 6) is 6.32. The van der Waals surface area contributed by atoms with Crippen LogP contribution in [0.5, 0.6) is 0 Å². The molecule has 0 aliphatic heterocycles. The molecule has 1 nitrogen and oxygen atoms in total. The van der Waals surface area contributed by atoms with E-state index in [0.29, 0.717) is 5.02 Å². The Kier molecular flexibility index (Phi) is 3.64. The first-order chi connectivity index (χ1) is 10.1. The van der Waals surface area contributed by atoms with Crippen molar-refractivity contribution in [3.8, 4) is 11.8 Å². The molecule has 0 unspecified atom stereocenters. The maximum absolute atomic E-state index is 6.50. The number of pyridine rings is 1. The molecule has 0 aliphatic carbocycles. The van der Waals surface area contributed by atoms with Gasteiger partial charge in [0, 0.05) is 10.9 Å². The average Bonchev–Trinajstić information content (AvgIpc) is 2.49. The molecule has 21 heavy (non-hydrogen) atoms. The predicted molar refractivity (Wildman–Crippen MR) is 88.6 cm³/mol. The summed E-state index contributed by atoms with van der Waals surface area (Å²) in [6.07, 6.45) is 0. The van der Waals surface area contributed by atoms with Gasteiger partial charge in [-0.05, 0) is 32.0 Å². The first kappa shape index (κ1) is 13.7. The van der Waals surface area contributed by atoms with Gasteiger partial charge in [-0.15, -0.1) is 0 Å². The minimum absolute atomic E-state index is 0.678. The van der Waals surface area contributed by atoms with Gasteiger partial charge in [-0.3, -0.25) is 4.98 Å². The van der Waals surface area contributed by atoms with Crippen LogP contribution in [0.2, 0.25) is 5.02 Å². The van der Waals surface area contributed by atoms with E-state index in [1.54, 1.807) is 0 Å². The SMILES string of the molecule is Cc1ccc(C#Cc2c(C)nc3ccccc3c2Cl)cc1. The third-order valence-electron chi connectivity index (χ3n) is 3.39. The van der Waals surface area contributed by atoms with Crippen molar-refractivity contribution >= 4 is 22.5 Å². The highest BCUT2D eigenvalue weighted by Gasteiger charge is 2.08. The van der Waals surface area contributed by atoms with Crippen molar-refractivity contribution in [3.05, 3.63) is 75.9 Å². The smallest absolute Gasteiger partial charge is 0.0721 e.